The fourth-order valence-corrected chi connectivity index (χ4v) is 4.32. The molecular weight excluding hydrogens is 374 g/mol. The average molecular weight is 400 g/mol. The van der Waals surface area contributed by atoms with Gasteiger partial charge in [-0.25, -0.2) is 8.42 Å². The lowest BCUT2D eigenvalue weighted by Crippen LogP contribution is -2.26. The first kappa shape index (κ1) is 20.0. The molecule has 0 spiro atoms. The number of rotatable bonds is 7. The molecule has 7 heteroatoms. The lowest BCUT2D eigenvalue weighted by molar-refractivity contribution is 0.340. The summed E-state index contributed by atoms with van der Waals surface area (Å²) in [5.74, 6) is 0.464. The maximum atomic E-state index is 11.8. The molecule has 2 aromatic carbocycles. The molecule has 28 heavy (non-hydrogen) atoms. The van der Waals surface area contributed by atoms with Crippen LogP contribution in [0.4, 0.5) is 11.4 Å². The minimum atomic E-state index is -3.32. The van der Waals surface area contributed by atoms with Gasteiger partial charge in [0.2, 0.25) is 10.0 Å². The Bertz CT molecular complexity index is 981. The van der Waals surface area contributed by atoms with Crippen LogP contribution in [-0.4, -0.2) is 27.3 Å². The average Bonchev–Trinajstić information content (AvgIpc) is 3.01. The smallest absolute Gasteiger partial charge is 0.232 e. The first-order valence-corrected chi connectivity index (χ1v) is 11.1. The summed E-state index contributed by atoms with van der Waals surface area (Å²) in [5, 5.41) is 9.91. The summed E-state index contributed by atoms with van der Waals surface area (Å²) in [6.07, 6.45) is 0. The van der Waals surface area contributed by atoms with Crippen molar-refractivity contribution >= 4 is 21.4 Å². The van der Waals surface area contributed by atoms with Gasteiger partial charge in [-0.05, 0) is 62.2 Å². The Balaban J connectivity index is 1.95. The van der Waals surface area contributed by atoms with Gasteiger partial charge >= 0.3 is 0 Å². The van der Waals surface area contributed by atoms with Crippen LogP contribution in [0.3, 0.4) is 0 Å². The van der Waals surface area contributed by atoms with E-state index in [1.54, 1.807) is 19.1 Å². The standard InChI is InChI=1S/C21H25N3O3S/c1-4-24-20-12-11-17(27-5-2)13-18(20)19(14-22)21(24)15-7-9-16(10-8-15)23-28(25,26)6-3/h7-13,19,21,23H,4-6H2,1-3H3. The van der Waals surface area contributed by atoms with Gasteiger partial charge in [0.25, 0.3) is 0 Å². The first-order chi connectivity index (χ1) is 13.4. The number of ether oxygens (including phenoxy) is 1. The van der Waals surface area contributed by atoms with Crippen molar-refractivity contribution in [1.82, 2.24) is 0 Å². The number of hydrogen-bond acceptors (Lipinski definition) is 5. The van der Waals surface area contributed by atoms with Gasteiger partial charge in [0.05, 0.1) is 30.4 Å². The highest BCUT2D eigenvalue weighted by atomic mass is 32.2. The minimum absolute atomic E-state index is 0.0228. The van der Waals surface area contributed by atoms with Crippen LogP contribution in [-0.2, 0) is 10.0 Å². The Morgan fingerprint density at radius 2 is 1.86 bits per heavy atom. The molecule has 0 amide bonds. The minimum Gasteiger partial charge on any atom is -0.494 e. The van der Waals surface area contributed by atoms with Gasteiger partial charge in [0, 0.05) is 17.9 Å². The van der Waals surface area contributed by atoms with E-state index in [9.17, 15) is 13.7 Å². The molecule has 0 fully saturated rings. The van der Waals surface area contributed by atoms with E-state index in [0.717, 1.165) is 29.1 Å². The highest BCUT2D eigenvalue weighted by Crippen LogP contribution is 2.49. The second-order valence-corrected chi connectivity index (χ2v) is 8.63. The monoisotopic (exact) mass is 399 g/mol. The number of anilines is 2. The van der Waals surface area contributed by atoms with E-state index in [1.807, 2.05) is 37.3 Å². The molecule has 0 bridgehead atoms. The zero-order valence-corrected chi connectivity index (χ0v) is 17.2. The number of hydrogen-bond donors (Lipinski definition) is 1. The van der Waals surface area contributed by atoms with E-state index < -0.39 is 10.0 Å². The molecule has 148 valence electrons. The van der Waals surface area contributed by atoms with E-state index >= 15 is 0 Å². The molecule has 2 aromatic rings. The van der Waals surface area contributed by atoms with E-state index in [1.165, 1.54) is 0 Å². The number of likely N-dealkylation sites (N-methyl/N-ethyl adjacent to an activating group) is 1. The fraction of sp³-hybridized carbons (Fsp3) is 0.381. The summed E-state index contributed by atoms with van der Waals surface area (Å²) in [7, 11) is -3.32. The number of sulfonamides is 1. The molecule has 0 aliphatic carbocycles. The summed E-state index contributed by atoms with van der Waals surface area (Å²) in [6, 6.07) is 15.5. The molecule has 0 saturated carbocycles. The first-order valence-electron chi connectivity index (χ1n) is 9.47. The maximum Gasteiger partial charge on any atom is 0.232 e. The number of benzene rings is 2. The molecule has 1 N–H and O–H groups in total. The van der Waals surface area contributed by atoms with Crippen molar-refractivity contribution in [2.24, 2.45) is 0 Å². The third-order valence-electron chi connectivity index (χ3n) is 4.99. The molecule has 1 aliphatic heterocycles. The molecule has 2 unspecified atom stereocenters. The Morgan fingerprint density at radius 1 is 1.14 bits per heavy atom. The molecule has 1 heterocycles. The number of fused-ring (bicyclic) bond motifs is 1. The van der Waals surface area contributed by atoms with Crippen LogP contribution in [0.1, 0.15) is 43.9 Å². The van der Waals surface area contributed by atoms with Crippen molar-refractivity contribution in [2.75, 3.05) is 28.5 Å². The second kappa shape index (κ2) is 8.11. The van der Waals surface area contributed by atoms with Crippen LogP contribution < -0.4 is 14.4 Å². The zero-order valence-electron chi connectivity index (χ0n) is 16.3. The van der Waals surface area contributed by atoms with Gasteiger partial charge in [-0.3, -0.25) is 4.72 Å². The lowest BCUT2D eigenvalue weighted by Gasteiger charge is -2.28. The van der Waals surface area contributed by atoms with Crippen LogP contribution in [0.2, 0.25) is 0 Å². The highest BCUT2D eigenvalue weighted by molar-refractivity contribution is 7.92. The Hall–Kier alpha value is -2.72. The molecule has 1 aliphatic rings. The second-order valence-electron chi connectivity index (χ2n) is 6.62. The summed E-state index contributed by atoms with van der Waals surface area (Å²) in [5.41, 5.74) is 3.51. The molecule has 0 radical (unpaired) electrons. The fourth-order valence-electron chi connectivity index (χ4n) is 3.68. The Morgan fingerprint density at radius 3 is 2.43 bits per heavy atom. The maximum absolute atomic E-state index is 11.8. The summed E-state index contributed by atoms with van der Waals surface area (Å²) in [6.45, 7) is 6.93. The topological polar surface area (TPSA) is 82.4 Å². The van der Waals surface area contributed by atoms with Crippen molar-refractivity contribution in [3.8, 4) is 11.8 Å². The number of nitrogens with zero attached hydrogens (tertiary/aromatic N) is 2. The van der Waals surface area contributed by atoms with Gasteiger partial charge in [0.1, 0.15) is 5.75 Å². The lowest BCUT2D eigenvalue weighted by atomic mass is 9.91. The van der Waals surface area contributed by atoms with Crippen LogP contribution in [0, 0.1) is 11.3 Å². The van der Waals surface area contributed by atoms with Crippen molar-refractivity contribution in [2.45, 2.75) is 32.7 Å². The van der Waals surface area contributed by atoms with Gasteiger partial charge < -0.3 is 9.64 Å². The highest BCUT2D eigenvalue weighted by Gasteiger charge is 2.39. The summed E-state index contributed by atoms with van der Waals surface area (Å²) < 4.78 is 31.7. The third kappa shape index (κ3) is 3.78. The van der Waals surface area contributed by atoms with Crippen LogP contribution in [0.15, 0.2) is 42.5 Å². The Kier molecular flexibility index (Phi) is 5.80. The van der Waals surface area contributed by atoms with E-state index in [4.69, 9.17) is 4.74 Å². The zero-order chi connectivity index (χ0) is 20.3. The molecule has 0 aromatic heterocycles. The molecule has 6 nitrogen and oxygen atoms in total. The van der Waals surface area contributed by atoms with Gasteiger partial charge in [-0.1, -0.05) is 12.1 Å². The molecule has 2 atom stereocenters. The van der Waals surface area contributed by atoms with Crippen molar-refractivity contribution in [1.29, 1.82) is 5.26 Å². The third-order valence-corrected chi connectivity index (χ3v) is 6.30. The van der Waals surface area contributed by atoms with Gasteiger partial charge in [0.15, 0.2) is 0 Å². The predicted molar refractivity (Wildman–Crippen MR) is 111 cm³/mol. The summed E-state index contributed by atoms with van der Waals surface area (Å²) in [4.78, 5) is 2.21. The largest absolute Gasteiger partial charge is 0.494 e. The number of nitrogens with one attached hydrogen (secondary N) is 1. The molecule has 0 saturated heterocycles. The Labute approximate surface area is 166 Å². The van der Waals surface area contributed by atoms with Crippen molar-refractivity contribution < 1.29 is 13.2 Å². The normalized spacial score (nSPS) is 18.4. The predicted octanol–water partition coefficient (Wildman–Crippen LogP) is 4.04. The van der Waals surface area contributed by atoms with E-state index in [0.29, 0.717) is 12.3 Å². The quantitative estimate of drug-likeness (QED) is 0.760. The van der Waals surface area contributed by atoms with E-state index in [2.05, 4.69) is 22.6 Å². The van der Waals surface area contributed by atoms with Crippen LogP contribution >= 0.6 is 0 Å². The van der Waals surface area contributed by atoms with Gasteiger partial charge in [-0.15, -0.1) is 0 Å². The van der Waals surface area contributed by atoms with E-state index in [-0.39, 0.29) is 17.7 Å². The van der Waals surface area contributed by atoms with Gasteiger partial charge in [-0.2, -0.15) is 5.26 Å². The number of nitriles is 1. The van der Waals surface area contributed by atoms with Crippen molar-refractivity contribution in [3.05, 3.63) is 53.6 Å². The van der Waals surface area contributed by atoms with Crippen molar-refractivity contribution in [3.63, 3.8) is 0 Å². The molecule has 3 rings (SSSR count). The SMILES string of the molecule is CCOc1ccc2c(c1)C(C#N)C(c1ccc(NS(=O)(=O)CC)cc1)N2CC. The van der Waals surface area contributed by atoms with Crippen LogP contribution in [0.5, 0.6) is 5.75 Å². The van der Waals surface area contributed by atoms with Crippen LogP contribution in [0.25, 0.3) is 0 Å². The summed E-state index contributed by atoms with van der Waals surface area (Å²) >= 11 is 0. The molecular formula is C21H25N3O3S.